The number of nitrogens with zero attached hydrogens (tertiary/aromatic N) is 2. The van der Waals surface area contributed by atoms with Crippen molar-refractivity contribution in [2.75, 3.05) is 13.2 Å². The molecule has 0 aromatic carbocycles. The fourth-order valence-electron chi connectivity index (χ4n) is 2.39. The first-order valence-electron chi connectivity index (χ1n) is 5.38. The predicted octanol–water partition coefficient (Wildman–Crippen LogP) is -0.0208. The van der Waals surface area contributed by atoms with Gasteiger partial charge in [-0.05, 0) is 19.9 Å². The van der Waals surface area contributed by atoms with Gasteiger partial charge in [-0.3, -0.25) is 4.57 Å². The maximum atomic E-state index is 9.81. The van der Waals surface area contributed by atoms with Crippen molar-refractivity contribution in [3.05, 3.63) is 11.4 Å². The van der Waals surface area contributed by atoms with Crippen LogP contribution in [0.2, 0.25) is 0 Å². The van der Waals surface area contributed by atoms with Gasteiger partial charge in [0, 0.05) is 5.69 Å². The average molecular weight is 209 g/mol. The summed E-state index contributed by atoms with van der Waals surface area (Å²) in [4.78, 5) is 4.44. The third-order valence-corrected chi connectivity index (χ3v) is 3.25. The van der Waals surface area contributed by atoms with E-state index in [2.05, 4.69) is 14.9 Å². The highest BCUT2D eigenvalue weighted by atomic mass is 16.5. The van der Waals surface area contributed by atoms with Crippen LogP contribution in [0.4, 0.5) is 0 Å². The average Bonchev–Trinajstić information content (AvgIpc) is 2.85. The number of fused-ring (bicyclic) bond motifs is 1. The summed E-state index contributed by atoms with van der Waals surface area (Å²) in [5, 5.41) is 13.1. The minimum absolute atomic E-state index is 0.0216. The van der Waals surface area contributed by atoms with Gasteiger partial charge in [0.15, 0.2) is 0 Å². The Morgan fingerprint density at radius 1 is 1.60 bits per heavy atom. The third kappa shape index (κ3) is 1.27. The van der Waals surface area contributed by atoms with E-state index in [0.29, 0.717) is 12.6 Å². The first kappa shape index (κ1) is 9.18. The Kier molecular flexibility index (Phi) is 1.97. The van der Waals surface area contributed by atoms with E-state index in [-0.39, 0.29) is 12.1 Å². The number of aliphatic hydroxyl groups is 1. The van der Waals surface area contributed by atoms with Crippen LogP contribution in [0.25, 0.3) is 0 Å². The van der Waals surface area contributed by atoms with Crippen LogP contribution in [0.15, 0.2) is 0 Å². The highest BCUT2D eigenvalue weighted by Gasteiger charge is 2.32. The molecular formula is C10H15N3O2. The number of nitrogens with one attached hydrogen (secondary N) is 1. The predicted molar refractivity (Wildman–Crippen MR) is 53.8 cm³/mol. The van der Waals surface area contributed by atoms with Crippen molar-refractivity contribution in [2.45, 2.75) is 32.0 Å². The molecule has 5 heteroatoms. The normalized spacial score (nSPS) is 29.2. The van der Waals surface area contributed by atoms with E-state index in [1.54, 1.807) is 0 Å². The van der Waals surface area contributed by atoms with Crippen molar-refractivity contribution in [1.29, 1.82) is 0 Å². The van der Waals surface area contributed by atoms with Crippen molar-refractivity contribution in [3.8, 4) is 6.01 Å². The zero-order valence-corrected chi connectivity index (χ0v) is 8.73. The lowest BCUT2D eigenvalue weighted by Crippen LogP contribution is -2.22. The number of hydrogen-bond acceptors (Lipinski definition) is 4. The van der Waals surface area contributed by atoms with E-state index < -0.39 is 0 Å². The number of aliphatic hydroxyl groups excluding tert-OH is 1. The summed E-state index contributed by atoms with van der Waals surface area (Å²) in [6.07, 6.45) is 0.479. The highest BCUT2D eigenvalue weighted by Crippen LogP contribution is 2.30. The molecule has 2 aliphatic heterocycles. The van der Waals surface area contributed by atoms with Gasteiger partial charge in [0.05, 0.1) is 24.4 Å². The molecule has 3 rings (SSSR count). The zero-order chi connectivity index (χ0) is 10.4. The zero-order valence-electron chi connectivity index (χ0n) is 8.73. The molecule has 0 radical (unpaired) electrons. The minimum atomic E-state index is -0.320. The molecule has 1 saturated heterocycles. The smallest absolute Gasteiger partial charge is 0.296 e. The lowest BCUT2D eigenvalue weighted by Gasteiger charge is -2.13. The Hall–Kier alpha value is -1.07. The van der Waals surface area contributed by atoms with Crippen LogP contribution in [0.5, 0.6) is 6.01 Å². The Morgan fingerprint density at radius 3 is 3.13 bits per heavy atom. The molecule has 0 saturated carbocycles. The van der Waals surface area contributed by atoms with Crippen molar-refractivity contribution in [2.24, 2.45) is 0 Å². The third-order valence-electron chi connectivity index (χ3n) is 3.25. The van der Waals surface area contributed by atoms with Gasteiger partial charge in [-0.25, -0.2) is 0 Å². The monoisotopic (exact) mass is 209 g/mol. The fourth-order valence-corrected chi connectivity index (χ4v) is 2.39. The molecule has 0 amide bonds. The Labute approximate surface area is 88.1 Å². The molecule has 2 unspecified atom stereocenters. The number of ether oxygens (including phenoxy) is 1. The van der Waals surface area contributed by atoms with Crippen LogP contribution in [0.3, 0.4) is 0 Å². The van der Waals surface area contributed by atoms with Crippen LogP contribution in [0, 0.1) is 6.92 Å². The number of rotatable bonds is 1. The van der Waals surface area contributed by atoms with Crippen LogP contribution in [0.1, 0.15) is 23.9 Å². The minimum Gasteiger partial charge on any atom is -0.463 e. The maximum absolute atomic E-state index is 9.81. The largest absolute Gasteiger partial charge is 0.463 e. The molecule has 2 atom stereocenters. The summed E-state index contributed by atoms with van der Waals surface area (Å²) in [7, 11) is 0. The van der Waals surface area contributed by atoms with Gasteiger partial charge in [-0.15, -0.1) is 0 Å². The molecule has 0 bridgehead atoms. The molecule has 2 aliphatic rings. The lowest BCUT2D eigenvalue weighted by atomic mass is 10.1. The standard InChI is InChI=1S/C10H15N3O2/c1-6-8(9-7(14)2-3-11-9)12-10-13(6)4-5-15-10/h7,9,11,14H,2-5H2,1H3. The van der Waals surface area contributed by atoms with Gasteiger partial charge < -0.3 is 15.2 Å². The molecule has 2 N–H and O–H groups in total. The summed E-state index contributed by atoms with van der Waals surface area (Å²) in [5.74, 6) is 0. The van der Waals surface area contributed by atoms with Crippen LogP contribution in [-0.2, 0) is 6.54 Å². The topological polar surface area (TPSA) is 59.3 Å². The summed E-state index contributed by atoms with van der Waals surface area (Å²) in [6.45, 7) is 4.47. The molecule has 0 aliphatic carbocycles. The molecular weight excluding hydrogens is 194 g/mol. The fraction of sp³-hybridized carbons (Fsp3) is 0.700. The Balaban J connectivity index is 1.98. The van der Waals surface area contributed by atoms with Gasteiger partial charge in [0.2, 0.25) is 0 Å². The Bertz CT molecular complexity index is 388. The van der Waals surface area contributed by atoms with Crippen LogP contribution >= 0.6 is 0 Å². The SMILES string of the molecule is Cc1c(C2NCCC2O)nc2n1CCO2. The van der Waals surface area contributed by atoms with E-state index in [4.69, 9.17) is 4.74 Å². The highest BCUT2D eigenvalue weighted by molar-refractivity contribution is 5.25. The van der Waals surface area contributed by atoms with Gasteiger partial charge in [-0.2, -0.15) is 4.98 Å². The van der Waals surface area contributed by atoms with E-state index in [1.807, 2.05) is 6.92 Å². The van der Waals surface area contributed by atoms with Crippen LogP contribution < -0.4 is 10.1 Å². The number of imidazole rings is 1. The Morgan fingerprint density at radius 2 is 2.47 bits per heavy atom. The first-order chi connectivity index (χ1) is 7.27. The molecule has 5 nitrogen and oxygen atoms in total. The van der Waals surface area contributed by atoms with Crippen LogP contribution in [-0.4, -0.2) is 33.9 Å². The van der Waals surface area contributed by atoms with Gasteiger partial charge in [0.25, 0.3) is 6.01 Å². The second-order valence-electron chi connectivity index (χ2n) is 4.15. The molecule has 0 spiro atoms. The van der Waals surface area contributed by atoms with E-state index in [0.717, 1.165) is 30.9 Å². The molecule has 82 valence electrons. The van der Waals surface area contributed by atoms with E-state index in [9.17, 15) is 5.11 Å². The van der Waals surface area contributed by atoms with Crippen molar-refractivity contribution >= 4 is 0 Å². The first-order valence-corrected chi connectivity index (χ1v) is 5.38. The van der Waals surface area contributed by atoms with Gasteiger partial charge in [0.1, 0.15) is 6.61 Å². The summed E-state index contributed by atoms with van der Waals surface area (Å²) in [5.41, 5.74) is 2.05. The quantitative estimate of drug-likeness (QED) is 0.682. The van der Waals surface area contributed by atoms with Crippen molar-refractivity contribution < 1.29 is 9.84 Å². The maximum Gasteiger partial charge on any atom is 0.296 e. The van der Waals surface area contributed by atoms with Gasteiger partial charge in [-0.1, -0.05) is 0 Å². The van der Waals surface area contributed by atoms with Crippen molar-refractivity contribution in [3.63, 3.8) is 0 Å². The lowest BCUT2D eigenvalue weighted by molar-refractivity contribution is 0.158. The number of hydrogen-bond donors (Lipinski definition) is 2. The molecule has 3 heterocycles. The number of aromatic nitrogens is 2. The second kappa shape index (κ2) is 3.21. The summed E-state index contributed by atoms with van der Waals surface area (Å²) < 4.78 is 7.47. The van der Waals surface area contributed by atoms with E-state index in [1.165, 1.54) is 0 Å². The second-order valence-corrected chi connectivity index (χ2v) is 4.15. The van der Waals surface area contributed by atoms with Crippen molar-refractivity contribution in [1.82, 2.24) is 14.9 Å². The molecule has 1 fully saturated rings. The van der Waals surface area contributed by atoms with E-state index >= 15 is 0 Å². The summed E-state index contributed by atoms with van der Waals surface area (Å²) >= 11 is 0. The molecule has 1 aromatic rings. The molecule has 1 aromatic heterocycles. The summed E-state index contributed by atoms with van der Waals surface area (Å²) in [6, 6.07) is 0.676. The molecule has 15 heavy (non-hydrogen) atoms. The van der Waals surface area contributed by atoms with Gasteiger partial charge >= 0.3 is 0 Å².